The van der Waals surface area contributed by atoms with Gasteiger partial charge in [-0.25, -0.2) is 4.68 Å². The van der Waals surface area contributed by atoms with E-state index in [1.54, 1.807) is 0 Å². The van der Waals surface area contributed by atoms with E-state index in [9.17, 15) is 0 Å². The fraction of sp³-hybridized carbons (Fsp3) is 0.111. The average molecular weight is 329 g/mol. The Labute approximate surface area is 142 Å². The molecule has 0 aliphatic heterocycles. The molecule has 0 fully saturated rings. The van der Waals surface area contributed by atoms with Gasteiger partial charge < -0.3 is 4.98 Å². The maximum Gasteiger partial charge on any atom is 0.113 e. The summed E-state index contributed by atoms with van der Waals surface area (Å²) in [5, 5.41) is 16.7. The third-order valence-electron chi connectivity index (χ3n) is 4.30. The molecular weight excluding hydrogens is 314 g/mol. The molecule has 0 atom stereocenters. The van der Waals surface area contributed by atoms with Crippen LogP contribution in [-0.4, -0.2) is 35.2 Å². The normalized spacial score (nSPS) is 11.6. The number of aryl methyl sites for hydroxylation is 1. The first-order valence-corrected chi connectivity index (χ1v) is 8.03. The lowest BCUT2D eigenvalue weighted by Gasteiger charge is -2.01. The molecule has 0 aliphatic carbocycles. The van der Waals surface area contributed by atoms with Crippen LogP contribution in [0.1, 0.15) is 11.3 Å². The van der Waals surface area contributed by atoms with Crippen LogP contribution in [0.5, 0.6) is 0 Å². The highest BCUT2D eigenvalue weighted by Gasteiger charge is 2.10. The van der Waals surface area contributed by atoms with E-state index in [1.165, 1.54) is 0 Å². The van der Waals surface area contributed by atoms with Gasteiger partial charge in [0.15, 0.2) is 0 Å². The summed E-state index contributed by atoms with van der Waals surface area (Å²) in [6.45, 7) is 2.65. The molecule has 0 amide bonds. The van der Waals surface area contributed by atoms with Crippen LogP contribution in [0.25, 0.3) is 33.2 Å². The summed E-state index contributed by atoms with van der Waals surface area (Å²) in [7, 11) is 0. The molecule has 5 aromatic rings. The number of aromatic nitrogens is 7. The predicted octanol–water partition coefficient (Wildman–Crippen LogP) is 3.05. The molecule has 2 N–H and O–H groups in total. The number of hydrogen-bond donors (Lipinski definition) is 2. The summed E-state index contributed by atoms with van der Waals surface area (Å²) in [6, 6.07) is 10.2. The molecule has 0 spiro atoms. The number of rotatable bonds is 3. The molecule has 0 bridgehead atoms. The Bertz CT molecular complexity index is 1190. The van der Waals surface area contributed by atoms with Crippen molar-refractivity contribution in [1.29, 1.82) is 0 Å². The second kappa shape index (κ2) is 5.27. The van der Waals surface area contributed by atoms with Crippen molar-refractivity contribution in [3.63, 3.8) is 0 Å². The summed E-state index contributed by atoms with van der Waals surface area (Å²) in [5.41, 5.74) is 7.04. The van der Waals surface area contributed by atoms with Gasteiger partial charge in [-0.05, 0) is 30.7 Å². The van der Waals surface area contributed by atoms with E-state index in [0.717, 1.165) is 44.5 Å². The van der Waals surface area contributed by atoms with E-state index < -0.39 is 0 Å². The Balaban J connectivity index is 1.48. The third-order valence-corrected chi connectivity index (χ3v) is 4.30. The van der Waals surface area contributed by atoms with Gasteiger partial charge in [-0.3, -0.25) is 10.1 Å². The van der Waals surface area contributed by atoms with Crippen molar-refractivity contribution in [3.8, 4) is 11.3 Å². The summed E-state index contributed by atoms with van der Waals surface area (Å²) in [5.74, 6) is 0. The molecule has 4 heterocycles. The van der Waals surface area contributed by atoms with Gasteiger partial charge in [0.05, 0.1) is 35.5 Å². The van der Waals surface area contributed by atoms with Crippen LogP contribution in [-0.2, 0) is 6.54 Å². The van der Waals surface area contributed by atoms with Crippen LogP contribution < -0.4 is 0 Å². The molecule has 5 rings (SSSR count). The quantitative estimate of drug-likeness (QED) is 0.532. The van der Waals surface area contributed by atoms with Gasteiger partial charge in [-0.2, -0.15) is 5.10 Å². The van der Waals surface area contributed by atoms with E-state index in [4.69, 9.17) is 0 Å². The molecule has 0 unspecified atom stereocenters. The number of benzene rings is 1. The number of hydrogen-bond acceptors (Lipinski definition) is 4. The van der Waals surface area contributed by atoms with Gasteiger partial charge in [0.25, 0.3) is 0 Å². The SMILES string of the molecule is Cc1cc2ncc(Cn3cc(-c4cccc5[nH]ncc45)nn3)cc2[nH]1. The molecule has 0 saturated heterocycles. The van der Waals surface area contributed by atoms with Crippen LogP contribution in [0, 0.1) is 6.92 Å². The molecule has 0 radical (unpaired) electrons. The molecule has 1 aromatic carbocycles. The fourth-order valence-electron chi connectivity index (χ4n) is 3.15. The van der Waals surface area contributed by atoms with E-state index >= 15 is 0 Å². The van der Waals surface area contributed by atoms with Crippen molar-refractivity contribution in [2.45, 2.75) is 13.5 Å². The molecule has 0 aliphatic rings. The van der Waals surface area contributed by atoms with Crippen molar-refractivity contribution in [1.82, 2.24) is 35.2 Å². The zero-order chi connectivity index (χ0) is 16.8. The second-order valence-electron chi connectivity index (χ2n) is 6.17. The smallest absolute Gasteiger partial charge is 0.113 e. The minimum absolute atomic E-state index is 0.620. The lowest BCUT2D eigenvalue weighted by molar-refractivity contribution is 0.649. The van der Waals surface area contributed by atoms with Crippen LogP contribution >= 0.6 is 0 Å². The third kappa shape index (κ3) is 2.37. The highest BCUT2D eigenvalue weighted by molar-refractivity contribution is 5.92. The number of nitrogens with zero attached hydrogens (tertiary/aromatic N) is 5. The molecule has 122 valence electrons. The summed E-state index contributed by atoms with van der Waals surface area (Å²) in [6.07, 6.45) is 5.65. The Morgan fingerprint density at radius 1 is 1.12 bits per heavy atom. The van der Waals surface area contributed by atoms with Gasteiger partial charge in [0.2, 0.25) is 0 Å². The molecule has 4 aromatic heterocycles. The van der Waals surface area contributed by atoms with Crippen molar-refractivity contribution < 1.29 is 0 Å². The number of pyridine rings is 1. The van der Waals surface area contributed by atoms with E-state index in [0.29, 0.717) is 6.54 Å². The largest absolute Gasteiger partial charge is 0.357 e. The zero-order valence-electron chi connectivity index (χ0n) is 13.6. The Morgan fingerprint density at radius 3 is 3.04 bits per heavy atom. The number of H-pyrrole nitrogens is 2. The van der Waals surface area contributed by atoms with Gasteiger partial charge in [-0.15, -0.1) is 5.10 Å². The fourth-order valence-corrected chi connectivity index (χ4v) is 3.15. The summed E-state index contributed by atoms with van der Waals surface area (Å²) in [4.78, 5) is 7.81. The molecule has 7 heteroatoms. The summed E-state index contributed by atoms with van der Waals surface area (Å²) < 4.78 is 1.83. The zero-order valence-corrected chi connectivity index (χ0v) is 13.6. The van der Waals surface area contributed by atoms with Crippen molar-refractivity contribution >= 4 is 21.9 Å². The van der Waals surface area contributed by atoms with Crippen molar-refractivity contribution in [2.75, 3.05) is 0 Å². The maximum absolute atomic E-state index is 4.49. The first kappa shape index (κ1) is 13.9. The van der Waals surface area contributed by atoms with E-state index in [2.05, 4.69) is 36.5 Å². The summed E-state index contributed by atoms with van der Waals surface area (Å²) >= 11 is 0. The van der Waals surface area contributed by atoms with Crippen molar-refractivity contribution in [2.24, 2.45) is 0 Å². The first-order chi connectivity index (χ1) is 12.3. The molecule has 7 nitrogen and oxygen atoms in total. The molecular formula is C18H15N7. The topological polar surface area (TPSA) is 88.1 Å². The lowest BCUT2D eigenvalue weighted by atomic mass is 10.1. The van der Waals surface area contributed by atoms with Crippen LogP contribution in [0.3, 0.4) is 0 Å². The Kier molecular flexibility index (Phi) is 2.93. The van der Waals surface area contributed by atoms with E-state index in [-0.39, 0.29) is 0 Å². The van der Waals surface area contributed by atoms with Crippen LogP contribution in [0.4, 0.5) is 0 Å². The van der Waals surface area contributed by atoms with E-state index in [1.807, 2.05) is 54.5 Å². The van der Waals surface area contributed by atoms with Crippen LogP contribution in [0.2, 0.25) is 0 Å². The second-order valence-corrected chi connectivity index (χ2v) is 6.17. The van der Waals surface area contributed by atoms with Gasteiger partial charge in [-0.1, -0.05) is 17.3 Å². The number of aromatic amines is 2. The maximum atomic E-state index is 4.49. The minimum Gasteiger partial charge on any atom is -0.357 e. The number of fused-ring (bicyclic) bond motifs is 2. The van der Waals surface area contributed by atoms with Crippen molar-refractivity contribution in [3.05, 3.63) is 60.2 Å². The first-order valence-electron chi connectivity index (χ1n) is 8.03. The Morgan fingerprint density at radius 2 is 2.08 bits per heavy atom. The lowest BCUT2D eigenvalue weighted by Crippen LogP contribution is -2.00. The van der Waals surface area contributed by atoms with Crippen LogP contribution in [0.15, 0.2) is 48.9 Å². The van der Waals surface area contributed by atoms with Gasteiger partial charge >= 0.3 is 0 Å². The average Bonchev–Trinajstić information content (AvgIpc) is 3.32. The Hall–Kier alpha value is -3.48. The van der Waals surface area contributed by atoms with Gasteiger partial charge in [0.1, 0.15) is 5.69 Å². The van der Waals surface area contributed by atoms with Gasteiger partial charge in [0, 0.05) is 22.8 Å². The molecule has 0 saturated carbocycles. The predicted molar refractivity (Wildman–Crippen MR) is 95.0 cm³/mol. The number of nitrogens with one attached hydrogen (secondary N) is 2. The highest BCUT2D eigenvalue weighted by Crippen LogP contribution is 2.25. The standard InChI is InChI=1S/C18H15N7/c1-11-5-16-17(21-11)6-12(7-19-16)9-25-10-18(23-24-25)13-3-2-4-15-14(13)8-20-22-15/h2-8,10,21H,9H2,1H3,(H,20,22). The molecule has 25 heavy (non-hydrogen) atoms. The highest BCUT2D eigenvalue weighted by atomic mass is 15.4. The minimum atomic E-state index is 0.620. The monoisotopic (exact) mass is 329 g/mol.